The van der Waals surface area contributed by atoms with Crippen molar-refractivity contribution in [2.45, 2.75) is 38.3 Å². The molecule has 0 aliphatic heterocycles. The predicted molar refractivity (Wildman–Crippen MR) is 37.2 cm³/mol. The lowest BCUT2D eigenvalue weighted by Gasteiger charge is -2.42. The number of hydrogen-bond acceptors (Lipinski definition) is 2. The molecule has 0 spiro atoms. The summed E-state index contributed by atoms with van der Waals surface area (Å²) in [5, 5.41) is 0. The molecule has 1 aliphatic carbocycles. The molecule has 0 atom stereocenters. The average Bonchev–Trinajstić information content (AvgIpc) is 1.62. The van der Waals surface area contributed by atoms with Crippen molar-refractivity contribution >= 4 is 0 Å². The van der Waals surface area contributed by atoms with Crippen molar-refractivity contribution in [2.24, 2.45) is 5.73 Å². The van der Waals surface area contributed by atoms with Gasteiger partial charge in [0.1, 0.15) is 0 Å². The maximum absolute atomic E-state index is 5.60. The van der Waals surface area contributed by atoms with Gasteiger partial charge in [-0.25, -0.2) is 0 Å². The van der Waals surface area contributed by atoms with E-state index in [-0.39, 0.29) is 5.60 Å². The van der Waals surface area contributed by atoms with Crippen LogP contribution in [0.5, 0.6) is 0 Å². The minimum Gasteiger partial charge on any atom is -0.375 e. The van der Waals surface area contributed by atoms with Crippen LogP contribution in [0.3, 0.4) is 0 Å². The van der Waals surface area contributed by atoms with E-state index in [9.17, 15) is 0 Å². The molecule has 0 aromatic heterocycles. The third-order valence-corrected chi connectivity index (χ3v) is 1.88. The molecule has 0 saturated heterocycles. The Bertz CT molecular complexity index is 91.6. The van der Waals surface area contributed by atoms with Gasteiger partial charge in [-0.15, -0.1) is 0 Å². The molecule has 1 rings (SSSR count). The zero-order valence-corrected chi connectivity index (χ0v) is 6.18. The van der Waals surface area contributed by atoms with Crippen LogP contribution in [0.1, 0.15) is 26.7 Å². The number of nitrogens with two attached hydrogens (primary N) is 1. The lowest BCUT2D eigenvalue weighted by atomic mass is 9.77. The molecule has 0 unspecified atom stereocenters. The van der Waals surface area contributed by atoms with Crippen molar-refractivity contribution in [3.05, 3.63) is 0 Å². The molecular weight excluding hydrogens is 114 g/mol. The molecule has 2 nitrogen and oxygen atoms in total. The molecule has 0 radical (unpaired) electrons. The molecule has 0 heterocycles. The SMILES string of the molecule is CCOC1(C)CC(N)C1. The van der Waals surface area contributed by atoms with E-state index >= 15 is 0 Å². The zero-order valence-electron chi connectivity index (χ0n) is 6.18. The lowest BCUT2D eigenvalue weighted by Crippen LogP contribution is -2.51. The highest BCUT2D eigenvalue weighted by atomic mass is 16.5. The molecule has 54 valence electrons. The summed E-state index contributed by atoms with van der Waals surface area (Å²) in [5.74, 6) is 0. The Hall–Kier alpha value is -0.0800. The van der Waals surface area contributed by atoms with Crippen LogP contribution in [-0.2, 0) is 4.74 Å². The third kappa shape index (κ3) is 1.43. The van der Waals surface area contributed by atoms with Crippen molar-refractivity contribution < 1.29 is 4.74 Å². The van der Waals surface area contributed by atoms with Gasteiger partial charge in [0, 0.05) is 12.6 Å². The van der Waals surface area contributed by atoms with E-state index in [0.29, 0.717) is 6.04 Å². The van der Waals surface area contributed by atoms with Crippen LogP contribution >= 0.6 is 0 Å². The predicted octanol–water partition coefficient (Wildman–Crippen LogP) is 0.903. The second kappa shape index (κ2) is 2.27. The van der Waals surface area contributed by atoms with Gasteiger partial charge in [-0.2, -0.15) is 0 Å². The highest BCUT2D eigenvalue weighted by Gasteiger charge is 2.38. The largest absolute Gasteiger partial charge is 0.375 e. The van der Waals surface area contributed by atoms with Crippen molar-refractivity contribution in [1.82, 2.24) is 0 Å². The Morgan fingerprint density at radius 1 is 1.67 bits per heavy atom. The van der Waals surface area contributed by atoms with Crippen molar-refractivity contribution in [3.63, 3.8) is 0 Å². The van der Waals surface area contributed by atoms with E-state index in [1.807, 2.05) is 6.92 Å². The van der Waals surface area contributed by atoms with E-state index in [1.165, 1.54) is 0 Å². The maximum Gasteiger partial charge on any atom is 0.0683 e. The molecule has 2 N–H and O–H groups in total. The van der Waals surface area contributed by atoms with Gasteiger partial charge in [-0.05, 0) is 26.7 Å². The van der Waals surface area contributed by atoms with Gasteiger partial charge < -0.3 is 10.5 Å². The van der Waals surface area contributed by atoms with Gasteiger partial charge in [0.05, 0.1) is 5.60 Å². The summed E-state index contributed by atoms with van der Waals surface area (Å²) in [7, 11) is 0. The first-order valence-electron chi connectivity index (χ1n) is 3.56. The summed E-state index contributed by atoms with van der Waals surface area (Å²) >= 11 is 0. The minimum absolute atomic E-state index is 0.119. The second-order valence-electron chi connectivity index (χ2n) is 3.05. The van der Waals surface area contributed by atoms with Crippen LogP contribution in [0.25, 0.3) is 0 Å². The number of ether oxygens (including phenoxy) is 1. The first-order valence-corrected chi connectivity index (χ1v) is 3.56. The van der Waals surface area contributed by atoms with Crippen molar-refractivity contribution in [1.29, 1.82) is 0 Å². The molecular formula is C7H15NO. The lowest BCUT2D eigenvalue weighted by molar-refractivity contribution is -0.0896. The van der Waals surface area contributed by atoms with E-state index in [4.69, 9.17) is 10.5 Å². The molecule has 1 fully saturated rings. The summed E-state index contributed by atoms with van der Waals surface area (Å²) in [6.07, 6.45) is 2.06. The molecule has 1 saturated carbocycles. The monoisotopic (exact) mass is 129 g/mol. The molecule has 0 amide bonds. The summed E-state index contributed by atoms with van der Waals surface area (Å²) in [5.41, 5.74) is 5.72. The Morgan fingerprint density at radius 2 is 2.22 bits per heavy atom. The summed E-state index contributed by atoms with van der Waals surface area (Å²) in [6, 6.07) is 0.390. The van der Waals surface area contributed by atoms with Gasteiger partial charge in [0.2, 0.25) is 0 Å². The van der Waals surface area contributed by atoms with E-state index < -0.39 is 0 Å². The summed E-state index contributed by atoms with van der Waals surface area (Å²) in [4.78, 5) is 0. The molecule has 1 aliphatic rings. The molecule has 2 heteroatoms. The smallest absolute Gasteiger partial charge is 0.0683 e. The highest BCUT2D eigenvalue weighted by molar-refractivity contribution is 4.94. The Balaban J connectivity index is 2.23. The highest BCUT2D eigenvalue weighted by Crippen LogP contribution is 2.33. The molecule has 9 heavy (non-hydrogen) atoms. The van der Waals surface area contributed by atoms with Crippen LogP contribution in [0, 0.1) is 0 Å². The fourth-order valence-electron chi connectivity index (χ4n) is 1.52. The number of hydrogen-bond donors (Lipinski definition) is 1. The first-order chi connectivity index (χ1) is 4.16. The second-order valence-corrected chi connectivity index (χ2v) is 3.05. The van der Waals surface area contributed by atoms with E-state index in [1.54, 1.807) is 0 Å². The number of rotatable bonds is 2. The standard InChI is InChI=1S/C7H15NO/c1-3-9-7(2)4-6(8)5-7/h6H,3-5,8H2,1-2H3. The van der Waals surface area contributed by atoms with Crippen LogP contribution in [0.2, 0.25) is 0 Å². The maximum atomic E-state index is 5.60. The van der Waals surface area contributed by atoms with E-state index in [2.05, 4.69) is 6.92 Å². The van der Waals surface area contributed by atoms with Gasteiger partial charge >= 0.3 is 0 Å². The van der Waals surface area contributed by atoms with Crippen LogP contribution in [-0.4, -0.2) is 18.2 Å². The van der Waals surface area contributed by atoms with Crippen LogP contribution in [0.4, 0.5) is 0 Å². The Labute approximate surface area is 56.4 Å². The normalized spacial score (nSPS) is 42.3. The van der Waals surface area contributed by atoms with Gasteiger partial charge in [-0.3, -0.25) is 0 Å². The molecule has 0 aromatic rings. The van der Waals surface area contributed by atoms with Crippen LogP contribution in [0.15, 0.2) is 0 Å². The first kappa shape index (κ1) is 7.03. The summed E-state index contributed by atoms with van der Waals surface area (Å²) in [6.45, 7) is 4.96. The van der Waals surface area contributed by atoms with E-state index in [0.717, 1.165) is 19.4 Å². The van der Waals surface area contributed by atoms with Gasteiger partial charge in [0.25, 0.3) is 0 Å². The van der Waals surface area contributed by atoms with Crippen molar-refractivity contribution in [2.75, 3.05) is 6.61 Å². The Morgan fingerprint density at radius 3 is 2.56 bits per heavy atom. The average molecular weight is 129 g/mol. The topological polar surface area (TPSA) is 35.2 Å². The minimum atomic E-state index is 0.119. The molecule has 0 bridgehead atoms. The Kier molecular flexibility index (Phi) is 1.78. The van der Waals surface area contributed by atoms with Crippen LogP contribution < -0.4 is 5.73 Å². The summed E-state index contributed by atoms with van der Waals surface area (Å²) < 4.78 is 5.46. The quantitative estimate of drug-likeness (QED) is 0.601. The van der Waals surface area contributed by atoms with Crippen molar-refractivity contribution in [3.8, 4) is 0 Å². The van der Waals surface area contributed by atoms with Gasteiger partial charge in [0.15, 0.2) is 0 Å². The zero-order chi connectivity index (χ0) is 6.91. The van der Waals surface area contributed by atoms with Gasteiger partial charge in [-0.1, -0.05) is 0 Å². The third-order valence-electron chi connectivity index (χ3n) is 1.88. The fourth-order valence-corrected chi connectivity index (χ4v) is 1.52. The molecule has 0 aromatic carbocycles. The fraction of sp³-hybridized carbons (Fsp3) is 1.00.